The van der Waals surface area contributed by atoms with E-state index in [2.05, 4.69) is 5.32 Å². The summed E-state index contributed by atoms with van der Waals surface area (Å²) in [6.07, 6.45) is 4.22. The van der Waals surface area contributed by atoms with Crippen LogP contribution in [0.1, 0.15) is 45.4 Å². The number of carbonyl (C=O) groups excluding carboxylic acids is 2. The summed E-state index contributed by atoms with van der Waals surface area (Å²) in [7, 11) is 0. The minimum Gasteiger partial charge on any atom is -0.494 e. The first-order valence-corrected chi connectivity index (χ1v) is 8.32. The molecule has 0 radical (unpaired) electrons. The quantitative estimate of drug-likeness (QED) is 0.474. The Morgan fingerprint density at radius 2 is 1.78 bits per heavy atom. The molecule has 1 amide bonds. The summed E-state index contributed by atoms with van der Waals surface area (Å²) in [4.78, 5) is 22.8. The second kappa shape index (κ2) is 12.5. The molecule has 0 aliphatic heterocycles. The van der Waals surface area contributed by atoms with Crippen molar-refractivity contribution in [3.05, 3.63) is 30.3 Å². The maximum atomic E-state index is 11.6. The predicted octanol–water partition coefficient (Wildman–Crippen LogP) is 3.09. The number of carbonyl (C=O) groups is 2. The van der Waals surface area contributed by atoms with E-state index >= 15 is 0 Å². The third-order valence-corrected chi connectivity index (χ3v) is 3.25. The van der Waals surface area contributed by atoms with Gasteiger partial charge >= 0.3 is 5.97 Å². The van der Waals surface area contributed by atoms with E-state index in [-0.39, 0.29) is 11.9 Å². The number of benzene rings is 1. The molecule has 1 aromatic rings. The van der Waals surface area contributed by atoms with Crippen LogP contribution < -0.4 is 10.1 Å². The second-order valence-electron chi connectivity index (χ2n) is 5.23. The van der Waals surface area contributed by atoms with Crippen LogP contribution in [-0.2, 0) is 14.3 Å². The maximum Gasteiger partial charge on any atom is 0.305 e. The molecule has 1 rings (SSSR count). The van der Waals surface area contributed by atoms with E-state index in [0.717, 1.165) is 25.0 Å². The number of amides is 1. The van der Waals surface area contributed by atoms with E-state index in [1.165, 1.54) is 0 Å². The molecule has 0 aromatic heterocycles. The molecule has 23 heavy (non-hydrogen) atoms. The first kappa shape index (κ1) is 19.0. The summed E-state index contributed by atoms with van der Waals surface area (Å²) in [6.45, 7) is 3.43. The molecule has 5 nitrogen and oxygen atoms in total. The Balaban J connectivity index is 1.91. The molecule has 1 N–H and O–H groups in total. The molecule has 0 saturated heterocycles. The number of unbranched alkanes of at least 4 members (excludes halogenated alkanes) is 2. The topological polar surface area (TPSA) is 64.6 Å². The maximum absolute atomic E-state index is 11.6. The number of ether oxygens (including phenoxy) is 2. The molecular formula is C18H27NO4. The zero-order chi connectivity index (χ0) is 16.8. The van der Waals surface area contributed by atoms with Crippen LogP contribution >= 0.6 is 0 Å². The smallest absolute Gasteiger partial charge is 0.305 e. The van der Waals surface area contributed by atoms with Crippen molar-refractivity contribution in [2.75, 3.05) is 19.8 Å². The standard InChI is InChI=1S/C18H27NO4/c1-2-22-18(21)13-7-4-8-14-19-17(20)12-9-15-23-16-10-5-3-6-11-16/h3,5-6,10-11H,2,4,7-9,12-15H2,1H3,(H,19,20). The number of para-hydroxylation sites is 1. The first-order chi connectivity index (χ1) is 11.2. The van der Waals surface area contributed by atoms with E-state index in [9.17, 15) is 9.59 Å². The molecule has 0 fully saturated rings. The molecule has 0 saturated carbocycles. The molecule has 0 unspecified atom stereocenters. The van der Waals surface area contributed by atoms with Crippen LogP contribution in [-0.4, -0.2) is 31.6 Å². The van der Waals surface area contributed by atoms with Gasteiger partial charge in [0.1, 0.15) is 5.75 Å². The number of rotatable bonds is 12. The van der Waals surface area contributed by atoms with Gasteiger partial charge in [0.25, 0.3) is 0 Å². The molecule has 0 bridgehead atoms. The van der Waals surface area contributed by atoms with Crippen LogP contribution in [0.25, 0.3) is 0 Å². The highest BCUT2D eigenvalue weighted by Gasteiger charge is 2.03. The van der Waals surface area contributed by atoms with Crippen LogP contribution in [0.3, 0.4) is 0 Å². The van der Waals surface area contributed by atoms with Gasteiger partial charge in [0.2, 0.25) is 5.91 Å². The number of esters is 1. The molecule has 0 heterocycles. The third kappa shape index (κ3) is 10.3. The normalized spacial score (nSPS) is 10.1. The fourth-order valence-electron chi connectivity index (χ4n) is 2.06. The van der Waals surface area contributed by atoms with Crippen molar-refractivity contribution in [3.63, 3.8) is 0 Å². The largest absolute Gasteiger partial charge is 0.494 e. The van der Waals surface area contributed by atoms with Crippen LogP contribution in [0, 0.1) is 0 Å². The van der Waals surface area contributed by atoms with Crippen LogP contribution in [0.5, 0.6) is 5.75 Å². The summed E-state index contributed by atoms with van der Waals surface area (Å²) >= 11 is 0. The zero-order valence-corrected chi connectivity index (χ0v) is 13.9. The van der Waals surface area contributed by atoms with Crippen molar-refractivity contribution in [1.29, 1.82) is 0 Å². The summed E-state index contributed by atoms with van der Waals surface area (Å²) in [5.41, 5.74) is 0. The molecule has 0 aliphatic rings. The lowest BCUT2D eigenvalue weighted by Crippen LogP contribution is -2.24. The van der Waals surface area contributed by atoms with E-state index in [1.54, 1.807) is 6.92 Å². The summed E-state index contributed by atoms with van der Waals surface area (Å²) in [5, 5.41) is 2.88. The van der Waals surface area contributed by atoms with Gasteiger partial charge in [-0.25, -0.2) is 0 Å². The van der Waals surface area contributed by atoms with Gasteiger partial charge in [-0.1, -0.05) is 24.6 Å². The van der Waals surface area contributed by atoms with E-state index in [4.69, 9.17) is 9.47 Å². The Bertz CT molecular complexity index is 448. The van der Waals surface area contributed by atoms with E-state index < -0.39 is 0 Å². The molecule has 128 valence electrons. The average Bonchev–Trinajstić information content (AvgIpc) is 2.56. The summed E-state index contributed by atoms with van der Waals surface area (Å²) < 4.78 is 10.4. The molecule has 5 heteroatoms. The SMILES string of the molecule is CCOC(=O)CCCCCNC(=O)CCCOc1ccccc1. The van der Waals surface area contributed by atoms with E-state index in [1.807, 2.05) is 30.3 Å². The Labute approximate surface area is 138 Å². The highest BCUT2D eigenvalue weighted by molar-refractivity contribution is 5.75. The van der Waals surface area contributed by atoms with Crippen molar-refractivity contribution in [1.82, 2.24) is 5.32 Å². The summed E-state index contributed by atoms with van der Waals surface area (Å²) in [6, 6.07) is 9.58. The third-order valence-electron chi connectivity index (χ3n) is 3.25. The lowest BCUT2D eigenvalue weighted by atomic mass is 10.2. The van der Waals surface area contributed by atoms with Crippen LogP contribution in [0.4, 0.5) is 0 Å². The number of hydrogen-bond donors (Lipinski definition) is 1. The minimum atomic E-state index is -0.144. The van der Waals surface area contributed by atoms with Crippen molar-refractivity contribution in [2.24, 2.45) is 0 Å². The highest BCUT2D eigenvalue weighted by Crippen LogP contribution is 2.08. The van der Waals surface area contributed by atoms with Gasteiger partial charge in [0.15, 0.2) is 0 Å². The van der Waals surface area contributed by atoms with E-state index in [0.29, 0.717) is 39.0 Å². The van der Waals surface area contributed by atoms with Gasteiger partial charge in [-0.3, -0.25) is 9.59 Å². The summed E-state index contributed by atoms with van der Waals surface area (Å²) in [5.74, 6) is 0.733. The lowest BCUT2D eigenvalue weighted by Gasteiger charge is -2.07. The fraction of sp³-hybridized carbons (Fsp3) is 0.556. The lowest BCUT2D eigenvalue weighted by molar-refractivity contribution is -0.143. The van der Waals surface area contributed by atoms with Crippen molar-refractivity contribution >= 4 is 11.9 Å². The van der Waals surface area contributed by atoms with Gasteiger partial charge in [-0.2, -0.15) is 0 Å². The van der Waals surface area contributed by atoms with Gasteiger partial charge in [-0.15, -0.1) is 0 Å². The zero-order valence-electron chi connectivity index (χ0n) is 13.9. The molecule has 0 spiro atoms. The second-order valence-corrected chi connectivity index (χ2v) is 5.23. The molecule has 0 aliphatic carbocycles. The Morgan fingerprint density at radius 1 is 1.00 bits per heavy atom. The number of hydrogen-bond acceptors (Lipinski definition) is 4. The highest BCUT2D eigenvalue weighted by atomic mass is 16.5. The van der Waals surface area contributed by atoms with Gasteiger partial charge < -0.3 is 14.8 Å². The predicted molar refractivity (Wildman–Crippen MR) is 89.3 cm³/mol. The fourth-order valence-corrected chi connectivity index (χ4v) is 2.06. The monoisotopic (exact) mass is 321 g/mol. The van der Waals surface area contributed by atoms with Crippen LogP contribution in [0.2, 0.25) is 0 Å². The molecule has 1 aromatic carbocycles. The average molecular weight is 321 g/mol. The van der Waals surface area contributed by atoms with Crippen LogP contribution in [0.15, 0.2) is 30.3 Å². The Hall–Kier alpha value is -2.04. The number of nitrogens with one attached hydrogen (secondary N) is 1. The van der Waals surface area contributed by atoms with Crippen molar-refractivity contribution < 1.29 is 19.1 Å². The van der Waals surface area contributed by atoms with Crippen molar-refractivity contribution in [3.8, 4) is 5.75 Å². The molecular weight excluding hydrogens is 294 g/mol. The Morgan fingerprint density at radius 3 is 2.52 bits per heavy atom. The minimum absolute atomic E-state index is 0.0482. The van der Waals surface area contributed by atoms with Gasteiger partial charge in [0.05, 0.1) is 13.2 Å². The Kier molecular flexibility index (Phi) is 10.3. The van der Waals surface area contributed by atoms with Gasteiger partial charge in [-0.05, 0) is 38.3 Å². The van der Waals surface area contributed by atoms with Gasteiger partial charge in [0, 0.05) is 19.4 Å². The van der Waals surface area contributed by atoms with Crippen molar-refractivity contribution in [2.45, 2.75) is 45.4 Å². The molecule has 0 atom stereocenters. The first-order valence-electron chi connectivity index (χ1n) is 8.32.